The van der Waals surface area contributed by atoms with E-state index in [0.29, 0.717) is 0 Å². The van der Waals surface area contributed by atoms with E-state index in [4.69, 9.17) is 0 Å². The van der Waals surface area contributed by atoms with Gasteiger partial charge < -0.3 is 5.32 Å². The van der Waals surface area contributed by atoms with Crippen LogP contribution in [0.4, 0.5) is 5.69 Å². The van der Waals surface area contributed by atoms with Crippen molar-refractivity contribution in [3.8, 4) is 11.1 Å². The maximum atomic E-state index is 12.9. The fourth-order valence-electron chi connectivity index (χ4n) is 2.51. The summed E-state index contributed by atoms with van der Waals surface area (Å²) in [5, 5.41) is 3.18. The standard InChI is InChI=1S/C20H19NOS/c1-21-19-15-17(16-9-5-4-6-10-16)13-14-20(19)23(22)18-11-7-2-3-8-12-18/h2,4-15,21H,3H2,1H3. The summed E-state index contributed by atoms with van der Waals surface area (Å²) in [7, 11) is 0.667. The summed E-state index contributed by atoms with van der Waals surface area (Å²) < 4.78 is 12.9. The van der Waals surface area contributed by atoms with E-state index < -0.39 is 10.8 Å². The van der Waals surface area contributed by atoms with Crippen LogP contribution in [0.2, 0.25) is 0 Å². The van der Waals surface area contributed by atoms with E-state index in [0.717, 1.165) is 33.0 Å². The van der Waals surface area contributed by atoms with E-state index in [1.54, 1.807) is 0 Å². The largest absolute Gasteiger partial charge is 0.387 e. The molecule has 1 aliphatic rings. The summed E-state index contributed by atoms with van der Waals surface area (Å²) in [6.07, 6.45) is 10.8. The molecule has 0 bridgehead atoms. The van der Waals surface area contributed by atoms with Gasteiger partial charge in [0.2, 0.25) is 0 Å². The van der Waals surface area contributed by atoms with Crippen LogP contribution in [0, 0.1) is 0 Å². The molecule has 3 rings (SSSR count). The third-order valence-corrected chi connectivity index (χ3v) is 5.18. The van der Waals surface area contributed by atoms with Crippen LogP contribution in [-0.4, -0.2) is 11.3 Å². The van der Waals surface area contributed by atoms with Gasteiger partial charge in [-0.2, -0.15) is 0 Å². The zero-order valence-corrected chi connectivity index (χ0v) is 13.8. The van der Waals surface area contributed by atoms with Gasteiger partial charge in [-0.1, -0.05) is 54.6 Å². The predicted molar refractivity (Wildman–Crippen MR) is 98.8 cm³/mol. The number of hydrogen-bond donors (Lipinski definition) is 1. The van der Waals surface area contributed by atoms with Crippen molar-refractivity contribution in [1.29, 1.82) is 0 Å². The van der Waals surface area contributed by atoms with Crippen LogP contribution in [0.1, 0.15) is 6.42 Å². The zero-order chi connectivity index (χ0) is 16.1. The minimum absolute atomic E-state index is 0.804. The number of anilines is 1. The molecule has 116 valence electrons. The lowest BCUT2D eigenvalue weighted by Gasteiger charge is -2.12. The smallest absolute Gasteiger partial charge is 0.0870 e. The van der Waals surface area contributed by atoms with Crippen LogP contribution >= 0.6 is 0 Å². The second kappa shape index (κ2) is 7.25. The lowest BCUT2D eigenvalue weighted by Crippen LogP contribution is -2.00. The normalized spacial score (nSPS) is 14.9. The van der Waals surface area contributed by atoms with E-state index in [1.165, 1.54) is 0 Å². The third kappa shape index (κ3) is 3.51. The minimum Gasteiger partial charge on any atom is -0.387 e. The highest BCUT2D eigenvalue weighted by atomic mass is 32.2. The summed E-state index contributed by atoms with van der Waals surface area (Å²) in [5.74, 6) is 0. The Morgan fingerprint density at radius 1 is 1.00 bits per heavy atom. The zero-order valence-electron chi connectivity index (χ0n) is 13.0. The van der Waals surface area contributed by atoms with Crippen molar-refractivity contribution in [1.82, 2.24) is 0 Å². The third-order valence-electron chi connectivity index (χ3n) is 3.72. The minimum atomic E-state index is -1.20. The summed E-state index contributed by atoms with van der Waals surface area (Å²) in [4.78, 5) is 1.63. The van der Waals surface area contributed by atoms with Gasteiger partial charge in [0.25, 0.3) is 0 Å². The Morgan fingerprint density at radius 3 is 2.61 bits per heavy atom. The molecule has 1 atom stereocenters. The number of rotatable bonds is 4. The Hall–Kier alpha value is -2.39. The Bertz CT molecular complexity index is 804. The Labute approximate surface area is 139 Å². The molecule has 2 nitrogen and oxygen atoms in total. The molecule has 1 unspecified atom stereocenters. The first kappa shape index (κ1) is 15.5. The number of hydrogen-bond acceptors (Lipinski definition) is 2. The molecule has 1 aliphatic carbocycles. The number of nitrogens with one attached hydrogen (secondary N) is 1. The van der Waals surface area contributed by atoms with E-state index in [9.17, 15) is 4.21 Å². The van der Waals surface area contributed by atoms with Crippen molar-refractivity contribution in [2.24, 2.45) is 0 Å². The summed E-state index contributed by atoms with van der Waals surface area (Å²) in [6.45, 7) is 0. The van der Waals surface area contributed by atoms with Crippen molar-refractivity contribution >= 4 is 16.5 Å². The monoisotopic (exact) mass is 321 g/mol. The van der Waals surface area contributed by atoms with Crippen LogP contribution < -0.4 is 5.32 Å². The molecule has 0 aromatic heterocycles. The van der Waals surface area contributed by atoms with Gasteiger partial charge in [-0.05, 0) is 41.8 Å². The van der Waals surface area contributed by atoms with Crippen LogP contribution in [0.3, 0.4) is 0 Å². The van der Waals surface area contributed by atoms with Crippen LogP contribution in [-0.2, 0) is 10.8 Å². The highest BCUT2D eigenvalue weighted by Crippen LogP contribution is 2.30. The Morgan fingerprint density at radius 2 is 1.83 bits per heavy atom. The molecule has 0 aliphatic heterocycles. The van der Waals surface area contributed by atoms with E-state index in [2.05, 4.69) is 29.6 Å². The Balaban J connectivity index is 1.99. The van der Waals surface area contributed by atoms with Crippen molar-refractivity contribution in [2.45, 2.75) is 11.3 Å². The molecule has 0 radical (unpaired) electrons. The topological polar surface area (TPSA) is 29.1 Å². The average molecular weight is 321 g/mol. The molecular weight excluding hydrogens is 302 g/mol. The van der Waals surface area contributed by atoms with E-state index >= 15 is 0 Å². The van der Waals surface area contributed by atoms with Crippen molar-refractivity contribution in [3.63, 3.8) is 0 Å². The summed E-state index contributed by atoms with van der Waals surface area (Å²) in [6, 6.07) is 16.2. The molecular formula is C20H19NOS. The molecule has 0 saturated carbocycles. The highest BCUT2D eigenvalue weighted by Gasteiger charge is 2.13. The molecule has 23 heavy (non-hydrogen) atoms. The molecule has 3 heteroatoms. The van der Waals surface area contributed by atoms with E-state index in [1.807, 2.05) is 61.7 Å². The molecule has 2 aromatic carbocycles. The highest BCUT2D eigenvalue weighted by molar-refractivity contribution is 7.89. The van der Waals surface area contributed by atoms with Gasteiger partial charge in [0.05, 0.1) is 21.4 Å². The van der Waals surface area contributed by atoms with Crippen molar-refractivity contribution < 1.29 is 4.21 Å². The van der Waals surface area contributed by atoms with Crippen LogP contribution in [0.15, 0.2) is 88.7 Å². The molecule has 0 fully saturated rings. The SMILES string of the molecule is CNc1cc(-c2ccccc2)ccc1S(=O)C1=CC=CCC=C1. The predicted octanol–water partition coefficient (Wildman–Crippen LogP) is 4.90. The van der Waals surface area contributed by atoms with Gasteiger partial charge in [0.15, 0.2) is 0 Å². The van der Waals surface area contributed by atoms with Gasteiger partial charge in [0.1, 0.15) is 0 Å². The molecule has 2 aromatic rings. The molecule has 0 amide bonds. The van der Waals surface area contributed by atoms with E-state index in [-0.39, 0.29) is 0 Å². The van der Waals surface area contributed by atoms with Gasteiger partial charge in [-0.15, -0.1) is 0 Å². The second-order valence-corrected chi connectivity index (χ2v) is 6.68. The Kier molecular flexibility index (Phi) is 4.89. The quantitative estimate of drug-likeness (QED) is 0.867. The van der Waals surface area contributed by atoms with Crippen LogP contribution in [0.25, 0.3) is 11.1 Å². The first-order chi connectivity index (χ1) is 11.3. The first-order valence-electron chi connectivity index (χ1n) is 7.62. The fourth-order valence-corrected chi connectivity index (χ4v) is 3.74. The lowest BCUT2D eigenvalue weighted by atomic mass is 10.1. The molecule has 0 saturated heterocycles. The van der Waals surface area contributed by atoms with Gasteiger partial charge in [-0.3, -0.25) is 0 Å². The van der Waals surface area contributed by atoms with Crippen molar-refractivity contribution in [3.05, 3.63) is 83.8 Å². The van der Waals surface area contributed by atoms with Gasteiger partial charge >= 0.3 is 0 Å². The second-order valence-electron chi connectivity index (χ2n) is 5.23. The maximum absolute atomic E-state index is 12.9. The lowest BCUT2D eigenvalue weighted by molar-refractivity contribution is 0.687. The fraction of sp³-hybridized carbons (Fsp3) is 0.100. The van der Waals surface area contributed by atoms with Crippen molar-refractivity contribution in [2.75, 3.05) is 12.4 Å². The first-order valence-corrected chi connectivity index (χ1v) is 8.77. The average Bonchev–Trinajstić information content (AvgIpc) is 2.90. The number of benzene rings is 2. The van der Waals surface area contributed by atoms with Gasteiger partial charge in [-0.25, -0.2) is 4.21 Å². The number of allylic oxidation sites excluding steroid dienone is 5. The molecule has 0 heterocycles. The van der Waals surface area contributed by atoms with Gasteiger partial charge in [0, 0.05) is 12.0 Å². The van der Waals surface area contributed by atoms with Crippen LogP contribution in [0.5, 0.6) is 0 Å². The molecule has 0 spiro atoms. The summed E-state index contributed by atoms with van der Waals surface area (Å²) in [5.41, 5.74) is 3.16. The summed E-state index contributed by atoms with van der Waals surface area (Å²) >= 11 is 0. The maximum Gasteiger partial charge on any atom is 0.0870 e. The molecule has 1 N–H and O–H groups in total.